The first-order valence-corrected chi connectivity index (χ1v) is 13.1. The van der Waals surface area contributed by atoms with Gasteiger partial charge in [0.25, 0.3) is 0 Å². The fraction of sp³-hybridized carbons (Fsp3) is 0.429. The third kappa shape index (κ3) is 4.68. The third-order valence-electron chi connectivity index (χ3n) is 5.67. The Kier molecular flexibility index (Phi) is 6.47. The zero-order valence-electron chi connectivity index (χ0n) is 18.2. The van der Waals surface area contributed by atoms with Crippen molar-refractivity contribution in [2.75, 3.05) is 67.7 Å². The molecule has 12 heteroatoms. The van der Waals surface area contributed by atoms with Crippen LogP contribution in [-0.2, 0) is 10.8 Å². The van der Waals surface area contributed by atoms with Gasteiger partial charge in [-0.05, 0) is 18.2 Å². The van der Waals surface area contributed by atoms with E-state index in [1.165, 1.54) is 18.1 Å². The van der Waals surface area contributed by atoms with Gasteiger partial charge >= 0.3 is 0 Å². The van der Waals surface area contributed by atoms with Crippen LogP contribution in [0.5, 0.6) is 11.5 Å². The quantitative estimate of drug-likeness (QED) is 0.507. The van der Waals surface area contributed by atoms with E-state index in [0.717, 1.165) is 32.0 Å². The number of aromatic nitrogens is 4. The van der Waals surface area contributed by atoms with E-state index in [1.807, 2.05) is 0 Å². The molecule has 3 aromatic rings. The first-order chi connectivity index (χ1) is 16.1. The summed E-state index contributed by atoms with van der Waals surface area (Å²) in [4.78, 5) is 23.7. The summed E-state index contributed by atoms with van der Waals surface area (Å²) < 4.78 is 17.2. The van der Waals surface area contributed by atoms with Crippen LogP contribution in [0.1, 0.15) is 0 Å². The van der Waals surface area contributed by atoms with Crippen molar-refractivity contribution in [3.8, 4) is 11.5 Å². The number of nitrogens with zero attached hydrogens (tertiary/aromatic N) is 6. The molecule has 2 aliphatic heterocycles. The fourth-order valence-corrected chi connectivity index (χ4v) is 5.81. The van der Waals surface area contributed by atoms with Crippen LogP contribution in [0.15, 0.2) is 34.4 Å². The van der Waals surface area contributed by atoms with E-state index in [4.69, 9.17) is 14.7 Å². The maximum absolute atomic E-state index is 11.9. The van der Waals surface area contributed by atoms with Crippen molar-refractivity contribution in [3.05, 3.63) is 24.5 Å². The number of nitrogens with one attached hydrogen (secondary N) is 1. The van der Waals surface area contributed by atoms with Gasteiger partial charge < -0.3 is 25.0 Å². The number of piperazine rings is 1. The monoisotopic (exact) mass is 487 g/mol. The molecule has 2 N–H and O–H groups in total. The van der Waals surface area contributed by atoms with Gasteiger partial charge in [0.1, 0.15) is 33.9 Å². The molecule has 0 saturated carbocycles. The van der Waals surface area contributed by atoms with Gasteiger partial charge in [0.2, 0.25) is 5.95 Å². The van der Waals surface area contributed by atoms with Crippen molar-refractivity contribution < 1.29 is 14.1 Å². The van der Waals surface area contributed by atoms with Gasteiger partial charge in [0.15, 0.2) is 5.82 Å². The van der Waals surface area contributed by atoms with Crippen LogP contribution in [0.4, 0.5) is 11.8 Å². The molecule has 4 heterocycles. The first-order valence-electron chi connectivity index (χ1n) is 10.8. The Bertz CT molecular complexity index is 1180. The fourth-order valence-electron chi connectivity index (χ4n) is 3.86. The van der Waals surface area contributed by atoms with Crippen LogP contribution in [0.3, 0.4) is 0 Å². The molecule has 2 saturated heterocycles. The van der Waals surface area contributed by atoms with Crippen molar-refractivity contribution in [3.63, 3.8) is 0 Å². The Morgan fingerprint density at radius 2 is 1.85 bits per heavy atom. The molecule has 1 aromatic carbocycles. The second-order valence-corrected chi connectivity index (χ2v) is 10.5. The van der Waals surface area contributed by atoms with Crippen LogP contribution >= 0.6 is 11.8 Å². The minimum Gasteiger partial charge on any atom is -0.507 e. The molecule has 0 amide bonds. The summed E-state index contributed by atoms with van der Waals surface area (Å²) >= 11 is 1.31. The van der Waals surface area contributed by atoms with Crippen molar-refractivity contribution in [1.29, 1.82) is 0 Å². The summed E-state index contributed by atoms with van der Waals surface area (Å²) in [7, 11) is 0.794. The number of aromatic hydroxyl groups is 1. The topological polar surface area (TPSA) is 117 Å². The summed E-state index contributed by atoms with van der Waals surface area (Å²) in [6.45, 7) is 4.66. The lowest BCUT2D eigenvalue weighted by molar-refractivity contribution is 0.409. The Hall–Kier alpha value is -2.70. The van der Waals surface area contributed by atoms with Gasteiger partial charge in [0.05, 0.1) is 12.0 Å². The minimum absolute atomic E-state index is 0.141. The number of hydrogen-bond donors (Lipinski definition) is 2. The van der Waals surface area contributed by atoms with Crippen LogP contribution in [0.25, 0.3) is 11.0 Å². The lowest BCUT2D eigenvalue weighted by Crippen LogP contribution is -2.44. The highest BCUT2D eigenvalue weighted by molar-refractivity contribution is 7.99. The third-order valence-corrected chi connectivity index (χ3v) is 7.98. The number of rotatable bonds is 5. The van der Waals surface area contributed by atoms with Gasteiger partial charge in [-0.2, -0.15) is 4.98 Å². The molecular formula is C21H25N7O3S2. The summed E-state index contributed by atoms with van der Waals surface area (Å²) in [5.41, 5.74) is 1.29. The maximum atomic E-state index is 11.9. The van der Waals surface area contributed by atoms with Crippen molar-refractivity contribution in [2.45, 2.75) is 9.92 Å². The van der Waals surface area contributed by atoms with E-state index in [1.54, 1.807) is 25.3 Å². The Morgan fingerprint density at radius 1 is 1.06 bits per heavy atom. The van der Waals surface area contributed by atoms with Crippen LogP contribution in [-0.4, -0.2) is 87.1 Å². The highest BCUT2D eigenvalue weighted by Crippen LogP contribution is 2.39. The number of phenols is 1. The minimum atomic E-state index is -0.795. The van der Waals surface area contributed by atoms with Crippen LogP contribution < -0.4 is 19.9 Å². The molecule has 2 aromatic heterocycles. The smallest absolute Gasteiger partial charge is 0.228 e. The molecule has 0 aliphatic carbocycles. The Balaban J connectivity index is 1.61. The Morgan fingerprint density at radius 3 is 2.61 bits per heavy atom. The second-order valence-electron chi connectivity index (χ2n) is 7.73. The standard InChI is InChI=1S/C21H25N7O3S2/c1-31-14-2-3-15(29)16(12-14)32-20-18-17(23-13-24-20)19(27-8-10-33(30)11-9-27)26-21(25-18)28-6-4-22-5-7-28/h2-3,12-13,22,29H,4-11H2,1H3. The number of benzene rings is 1. The zero-order valence-corrected chi connectivity index (χ0v) is 19.9. The average Bonchev–Trinajstić information content (AvgIpc) is 2.86. The number of ether oxygens (including phenoxy) is 1. The molecule has 2 aliphatic rings. The molecule has 0 bridgehead atoms. The van der Waals surface area contributed by atoms with Gasteiger partial charge in [-0.1, -0.05) is 11.8 Å². The molecule has 174 valence electrons. The molecule has 33 heavy (non-hydrogen) atoms. The van der Waals surface area contributed by atoms with Crippen molar-refractivity contribution in [2.24, 2.45) is 0 Å². The highest BCUT2D eigenvalue weighted by Gasteiger charge is 2.25. The number of hydrogen-bond acceptors (Lipinski definition) is 11. The normalized spacial score (nSPS) is 17.5. The molecular weight excluding hydrogens is 462 g/mol. The molecule has 0 spiro atoms. The highest BCUT2D eigenvalue weighted by atomic mass is 32.2. The summed E-state index contributed by atoms with van der Waals surface area (Å²) in [6.07, 6.45) is 1.50. The largest absolute Gasteiger partial charge is 0.507 e. The number of phenolic OH excluding ortho intramolecular Hbond substituents is 1. The van der Waals surface area contributed by atoms with E-state index >= 15 is 0 Å². The molecule has 10 nitrogen and oxygen atoms in total. The lowest BCUT2D eigenvalue weighted by Gasteiger charge is -2.31. The molecule has 0 unspecified atom stereocenters. The Labute approximate surface area is 198 Å². The van der Waals surface area contributed by atoms with Gasteiger partial charge in [-0.15, -0.1) is 0 Å². The summed E-state index contributed by atoms with van der Waals surface area (Å²) in [5, 5.41) is 14.4. The number of anilines is 2. The zero-order chi connectivity index (χ0) is 22.8. The van der Waals surface area contributed by atoms with E-state index < -0.39 is 10.8 Å². The molecule has 0 atom stereocenters. The summed E-state index contributed by atoms with van der Waals surface area (Å²) in [6, 6.07) is 5.08. The van der Waals surface area contributed by atoms with E-state index in [-0.39, 0.29) is 5.75 Å². The molecule has 0 radical (unpaired) electrons. The van der Waals surface area contributed by atoms with E-state index in [2.05, 4.69) is 25.1 Å². The average molecular weight is 488 g/mol. The van der Waals surface area contributed by atoms with Crippen LogP contribution in [0.2, 0.25) is 0 Å². The molecule has 2 fully saturated rings. The lowest BCUT2D eigenvalue weighted by atomic mass is 10.3. The summed E-state index contributed by atoms with van der Waals surface area (Å²) in [5.74, 6) is 3.38. The van der Waals surface area contributed by atoms with E-state index in [9.17, 15) is 9.32 Å². The van der Waals surface area contributed by atoms with Crippen LogP contribution in [0, 0.1) is 0 Å². The van der Waals surface area contributed by atoms with Crippen molar-refractivity contribution >= 4 is 45.4 Å². The first kappa shape index (κ1) is 22.1. The van der Waals surface area contributed by atoms with Gasteiger partial charge in [0, 0.05) is 61.6 Å². The predicted octanol–water partition coefficient (Wildman–Crippen LogP) is 1.26. The van der Waals surface area contributed by atoms with Crippen molar-refractivity contribution in [1.82, 2.24) is 25.3 Å². The number of fused-ring (bicyclic) bond motifs is 1. The van der Waals surface area contributed by atoms with E-state index in [0.29, 0.717) is 57.2 Å². The number of methoxy groups -OCH3 is 1. The van der Waals surface area contributed by atoms with Gasteiger partial charge in [-0.25, -0.2) is 15.0 Å². The SMILES string of the molecule is COc1ccc(O)c(Sc2ncnc3c(N4CCS(=O)CC4)nc(N4CCNCC4)nc23)c1. The second kappa shape index (κ2) is 9.65. The maximum Gasteiger partial charge on any atom is 0.228 e. The van der Waals surface area contributed by atoms with Gasteiger partial charge in [-0.3, -0.25) is 4.21 Å². The predicted molar refractivity (Wildman–Crippen MR) is 129 cm³/mol. The molecule has 5 rings (SSSR count).